The first-order valence-electron chi connectivity index (χ1n) is 10.9. The quantitative estimate of drug-likeness (QED) is 0.269. The highest BCUT2D eigenvalue weighted by atomic mass is 32.1. The first-order chi connectivity index (χ1) is 16.9. The van der Waals surface area contributed by atoms with Gasteiger partial charge in [0.15, 0.2) is 11.5 Å². The van der Waals surface area contributed by atoms with Crippen LogP contribution >= 0.6 is 11.3 Å². The second-order valence-electron chi connectivity index (χ2n) is 7.73. The van der Waals surface area contributed by atoms with Crippen LogP contribution in [-0.2, 0) is 16.1 Å². The van der Waals surface area contributed by atoms with Crippen molar-refractivity contribution in [1.82, 2.24) is 4.90 Å². The van der Waals surface area contributed by atoms with Crippen LogP contribution in [0.3, 0.4) is 0 Å². The number of phenolic OH excluding ortho intramolecular Hbond substituents is 1. The lowest BCUT2D eigenvalue weighted by atomic mass is 9.94. The lowest BCUT2D eigenvalue weighted by molar-refractivity contribution is -0.140. The smallest absolute Gasteiger partial charge is 0.295 e. The molecule has 1 amide bonds. The minimum Gasteiger partial charge on any atom is -0.507 e. The molecule has 2 heterocycles. The molecule has 35 heavy (non-hydrogen) atoms. The van der Waals surface area contributed by atoms with E-state index < -0.39 is 17.7 Å². The van der Waals surface area contributed by atoms with E-state index in [1.54, 1.807) is 37.3 Å². The Bertz CT molecular complexity index is 1280. The molecular formula is C26H25NO7S. The molecule has 1 aliphatic rings. The average Bonchev–Trinajstić information content (AvgIpc) is 3.47. The molecule has 2 N–H and O–H groups in total. The molecule has 0 aliphatic carbocycles. The van der Waals surface area contributed by atoms with E-state index >= 15 is 0 Å². The molecule has 3 aromatic rings. The number of amides is 1. The molecule has 182 valence electrons. The van der Waals surface area contributed by atoms with Crippen LogP contribution in [0.2, 0.25) is 0 Å². The fraction of sp³-hybridized carbons (Fsp3) is 0.231. The monoisotopic (exact) mass is 495 g/mol. The van der Waals surface area contributed by atoms with E-state index in [-0.39, 0.29) is 40.7 Å². The van der Waals surface area contributed by atoms with Gasteiger partial charge in [-0.05, 0) is 48.2 Å². The van der Waals surface area contributed by atoms with E-state index in [1.165, 1.54) is 36.5 Å². The second-order valence-corrected chi connectivity index (χ2v) is 8.76. The molecule has 1 aromatic heterocycles. The molecule has 0 saturated carbocycles. The summed E-state index contributed by atoms with van der Waals surface area (Å²) in [5, 5.41) is 23.5. The molecule has 8 nitrogen and oxygen atoms in total. The molecule has 4 rings (SSSR count). The molecule has 1 atom stereocenters. The number of carbonyl (C=O) groups is 2. The summed E-state index contributed by atoms with van der Waals surface area (Å²) in [6, 6.07) is 12.2. The number of aliphatic hydroxyl groups excluding tert-OH is 1. The van der Waals surface area contributed by atoms with Crippen molar-refractivity contribution in [3.8, 4) is 23.0 Å². The summed E-state index contributed by atoms with van der Waals surface area (Å²) in [7, 11) is 2.94. The van der Waals surface area contributed by atoms with Crippen LogP contribution in [0.1, 0.15) is 29.0 Å². The zero-order valence-corrected chi connectivity index (χ0v) is 20.3. The number of thiophene rings is 1. The molecule has 1 saturated heterocycles. The molecule has 1 aliphatic heterocycles. The Morgan fingerprint density at radius 1 is 1.06 bits per heavy atom. The summed E-state index contributed by atoms with van der Waals surface area (Å²) < 4.78 is 16.2. The van der Waals surface area contributed by atoms with Gasteiger partial charge in [0, 0.05) is 10.9 Å². The van der Waals surface area contributed by atoms with Crippen molar-refractivity contribution in [2.24, 2.45) is 0 Å². The average molecular weight is 496 g/mol. The number of likely N-dealkylation sites (tertiary alicyclic amines) is 1. The minimum absolute atomic E-state index is 0.0670. The molecule has 1 fully saturated rings. The number of Topliss-reactive ketones (excluding diaryl/α,β-unsaturated/α-hetero) is 1. The summed E-state index contributed by atoms with van der Waals surface area (Å²) in [6.45, 7) is 2.27. The summed E-state index contributed by atoms with van der Waals surface area (Å²) >= 11 is 1.46. The Morgan fingerprint density at radius 2 is 1.86 bits per heavy atom. The van der Waals surface area contributed by atoms with Crippen molar-refractivity contribution in [3.05, 3.63) is 75.5 Å². The van der Waals surface area contributed by atoms with Gasteiger partial charge in [0.05, 0.1) is 44.5 Å². The lowest BCUT2D eigenvalue weighted by Gasteiger charge is -2.25. The van der Waals surface area contributed by atoms with Gasteiger partial charge in [0.25, 0.3) is 11.7 Å². The zero-order valence-electron chi connectivity index (χ0n) is 19.5. The number of hydrogen-bond acceptors (Lipinski definition) is 8. The lowest BCUT2D eigenvalue weighted by Crippen LogP contribution is -2.28. The van der Waals surface area contributed by atoms with Gasteiger partial charge in [-0.1, -0.05) is 12.1 Å². The van der Waals surface area contributed by atoms with E-state index in [0.717, 1.165) is 4.88 Å². The van der Waals surface area contributed by atoms with Gasteiger partial charge < -0.3 is 29.3 Å². The number of rotatable bonds is 8. The summed E-state index contributed by atoms with van der Waals surface area (Å²) in [6.07, 6.45) is 0. The van der Waals surface area contributed by atoms with Crippen LogP contribution in [0, 0.1) is 0 Å². The van der Waals surface area contributed by atoms with E-state index in [1.807, 2.05) is 17.5 Å². The van der Waals surface area contributed by atoms with Crippen molar-refractivity contribution >= 4 is 28.8 Å². The minimum atomic E-state index is -0.913. The van der Waals surface area contributed by atoms with Crippen molar-refractivity contribution in [2.45, 2.75) is 19.5 Å². The number of nitrogens with zero attached hydrogens (tertiary/aromatic N) is 1. The fourth-order valence-electron chi connectivity index (χ4n) is 4.07. The van der Waals surface area contributed by atoms with Gasteiger partial charge in [-0.25, -0.2) is 0 Å². The maximum atomic E-state index is 13.3. The van der Waals surface area contributed by atoms with Crippen LogP contribution in [0.15, 0.2) is 59.5 Å². The Morgan fingerprint density at radius 3 is 2.51 bits per heavy atom. The molecule has 0 radical (unpaired) electrons. The third-order valence-corrected chi connectivity index (χ3v) is 6.57. The van der Waals surface area contributed by atoms with Crippen LogP contribution in [0.25, 0.3) is 5.76 Å². The Hall–Kier alpha value is -3.98. The predicted octanol–water partition coefficient (Wildman–Crippen LogP) is 4.49. The number of aliphatic hydroxyl groups is 1. The van der Waals surface area contributed by atoms with Crippen LogP contribution in [-0.4, -0.2) is 47.6 Å². The molecule has 0 spiro atoms. The van der Waals surface area contributed by atoms with Gasteiger partial charge in [-0.2, -0.15) is 0 Å². The van der Waals surface area contributed by atoms with Crippen molar-refractivity contribution < 1.29 is 34.0 Å². The van der Waals surface area contributed by atoms with E-state index in [4.69, 9.17) is 14.2 Å². The van der Waals surface area contributed by atoms with E-state index in [2.05, 4.69) is 0 Å². The highest BCUT2D eigenvalue weighted by Gasteiger charge is 2.46. The maximum absolute atomic E-state index is 13.3. The zero-order chi connectivity index (χ0) is 25.1. The summed E-state index contributed by atoms with van der Waals surface area (Å²) in [5.74, 6) is -0.973. The number of aromatic hydroxyl groups is 1. The van der Waals surface area contributed by atoms with E-state index in [9.17, 15) is 19.8 Å². The Balaban J connectivity index is 1.91. The number of hydrogen-bond donors (Lipinski definition) is 2. The Kier molecular flexibility index (Phi) is 6.97. The topological polar surface area (TPSA) is 106 Å². The van der Waals surface area contributed by atoms with Crippen LogP contribution in [0.5, 0.6) is 23.0 Å². The van der Waals surface area contributed by atoms with Gasteiger partial charge in [-0.3, -0.25) is 9.59 Å². The molecular weight excluding hydrogens is 470 g/mol. The van der Waals surface area contributed by atoms with Crippen molar-refractivity contribution in [3.63, 3.8) is 0 Å². The third-order valence-electron chi connectivity index (χ3n) is 5.71. The number of phenols is 1. The normalized spacial score (nSPS) is 17.0. The van der Waals surface area contributed by atoms with Gasteiger partial charge in [0.1, 0.15) is 17.3 Å². The van der Waals surface area contributed by atoms with E-state index in [0.29, 0.717) is 17.9 Å². The number of methoxy groups -OCH3 is 2. The number of ketones is 1. The van der Waals surface area contributed by atoms with Crippen LogP contribution in [0.4, 0.5) is 0 Å². The number of benzene rings is 2. The molecule has 9 heteroatoms. The first kappa shape index (κ1) is 24.2. The summed E-state index contributed by atoms with van der Waals surface area (Å²) in [5.41, 5.74) is 0.676. The Labute approximate surface area is 206 Å². The first-order valence-corrected chi connectivity index (χ1v) is 11.8. The highest BCUT2D eigenvalue weighted by Crippen LogP contribution is 2.44. The highest BCUT2D eigenvalue weighted by molar-refractivity contribution is 7.09. The summed E-state index contributed by atoms with van der Waals surface area (Å²) in [4.78, 5) is 28.8. The van der Waals surface area contributed by atoms with Crippen LogP contribution < -0.4 is 14.2 Å². The number of carbonyl (C=O) groups excluding carboxylic acids is 2. The van der Waals surface area contributed by atoms with Crippen molar-refractivity contribution in [2.75, 3.05) is 20.8 Å². The SMILES string of the molecule is CCOc1cc(C2/C(=C(\O)c3ccc(OC)cc3OC)C(=O)C(=O)N2Cc2cccs2)ccc1O. The van der Waals surface area contributed by atoms with Crippen molar-refractivity contribution in [1.29, 1.82) is 0 Å². The molecule has 1 unspecified atom stereocenters. The molecule has 2 aromatic carbocycles. The predicted molar refractivity (Wildman–Crippen MR) is 131 cm³/mol. The standard InChI is InChI=1S/C26H25NO7S/c1-4-34-21-12-15(7-10-19(21)28)23-22(24(29)18-9-8-16(32-2)13-20(18)33-3)25(30)26(31)27(23)14-17-6-5-11-35-17/h5-13,23,28-29H,4,14H2,1-3H3/b24-22+. The molecule has 0 bridgehead atoms. The second kappa shape index (κ2) is 10.1. The fourth-order valence-corrected chi connectivity index (χ4v) is 4.77. The largest absolute Gasteiger partial charge is 0.507 e. The third kappa shape index (κ3) is 4.54. The van der Waals surface area contributed by atoms with Gasteiger partial charge in [0.2, 0.25) is 0 Å². The number of ether oxygens (including phenoxy) is 3. The van der Waals surface area contributed by atoms with Gasteiger partial charge in [-0.15, -0.1) is 11.3 Å². The van der Waals surface area contributed by atoms with Gasteiger partial charge >= 0.3 is 0 Å². The maximum Gasteiger partial charge on any atom is 0.295 e.